The average molecular weight is 340 g/mol. The number of hydrogen-bond donors (Lipinski definition) is 1. The number of rotatable bonds is 3. The van der Waals surface area contributed by atoms with Crippen molar-refractivity contribution < 1.29 is 14.3 Å². The van der Waals surface area contributed by atoms with Crippen LogP contribution in [0.3, 0.4) is 0 Å². The summed E-state index contributed by atoms with van der Waals surface area (Å²) in [6.45, 7) is 7.14. The van der Waals surface area contributed by atoms with Gasteiger partial charge in [-0.2, -0.15) is 0 Å². The van der Waals surface area contributed by atoms with E-state index in [1.54, 1.807) is 19.1 Å². The van der Waals surface area contributed by atoms with Crippen molar-refractivity contribution in [3.8, 4) is 0 Å². The SMILES string of the molecule is CCOC(=O)/C(=N\Nc1ccccc1Cl)N1C[C@@H](C)O[C@@H](C)C1. The minimum absolute atomic E-state index is 0.0127. The monoisotopic (exact) mass is 339 g/mol. The summed E-state index contributed by atoms with van der Waals surface area (Å²) >= 11 is 6.10. The van der Waals surface area contributed by atoms with Crippen LogP contribution in [0.1, 0.15) is 20.8 Å². The van der Waals surface area contributed by atoms with E-state index in [2.05, 4.69) is 10.5 Å². The molecule has 0 unspecified atom stereocenters. The normalized spacial score (nSPS) is 21.9. The lowest BCUT2D eigenvalue weighted by Gasteiger charge is -2.36. The summed E-state index contributed by atoms with van der Waals surface area (Å²) < 4.78 is 10.8. The van der Waals surface area contributed by atoms with Crippen molar-refractivity contribution in [2.24, 2.45) is 5.10 Å². The molecule has 7 heteroatoms. The molecule has 6 nitrogen and oxygen atoms in total. The summed E-state index contributed by atoms with van der Waals surface area (Å²) in [4.78, 5) is 14.1. The van der Waals surface area contributed by atoms with Gasteiger partial charge in [-0.05, 0) is 32.9 Å². The third-order valence-corrected chi connectivity index (χ3v) is 3.66. The number of halogens is 1. The van der Waals surface area contributed by atoms with Gasteiger partial charge in [0, 0.05) is 13.1 Å². The number of hydrogen-bond acceptors (Lipinski definition) is 5. The fourth-order valence-electron chi connectivity index (χ4n) is 2.46. The Morgan fingerprint density at radius 1 is 1.39 bits per heavy atom. The first-order valence-corrected chi connectivity index (χ1v) is 8.04. The number of nitrogens with one attached hydrogen (secondary N) is 1. The Morgan fingerprint density at radius 2 is 2.04 bits per heavy atom. The number of anilines is 1. The van der Waals surface area contributed by atoms with Gasteiger partial charge < -0.3 is 14.4 Å². The van der Waals surface area contributed by atoms with Crippen molar-refractivity contribution >= 4 is 29.1 Å². The minimum Gasteiger partial charge on any atom is -0.460 e. The lowest BCUT2D eigenvalue weighted by molar-refractivity contribution is -0.136. The molecule has 0 spiro atoms. The molecule has 1 saturated heterocycles. The summed E-state index contributed by atoms with van der Waals surface area (Å²) in [6, 6.07) is 7.21. The first-order chi connectivity index (χ1) is 11.0. The highest BCUT2D eigenvalue weighted by Gasteiger charge is 2.29. The minimum atomic E-state index is -0.464. The van der Waals surface area contributed by atoms with Crippen LogP contribution in [-0.4, -0.2) is 48.6 Å². The largest absolute Gasteiger partial charge is 0.460 e. The molecule has 126 valence electrons. The van der Waals surface area contributed by atoms with Gasteiger partial charge >= 0.3 is 5.97 Å². The summed E-state index contributed by atoms with van der Waals surface area (Å²) in [5.74, 6) is -0.234. The summed E-state index contributed by atoms with van der Waals surface area (Å²) in [5, 5.41) is 4.77. The fourth-order valence-corrected chi connectivity index (χ4v) is 2.63. The first kappa shape index (κ1) is 17.6. The van der Waals surface area contributed by atoms with Gasteiger partial charge in [0.2, 0.25) is 5.84 Å². The molecule has 1 aromatic carbocycles. The van der Waals surface area contributed by atoms with Gasteiger partial charge in [0.15, 0.2) is 0 Å². The van der Waals surface area contributed by atoms with Crippen LogP contribution in [-0.2, 0) is 14.3 Å². The number of morpholine rings is 1. The van der Waals surface area contributed by atoms with Crippen LogP contribution in [0.2, 0.25) is 5.02 Å². The van der Waals surface area contributed by atoms with Gasteiger partial charge in [0.1, 0.15) is 0 Å². The average Bonchev–Trinajstić information content (AvgIpc) is 2.48. The fraction of sp³-hybridized carbons (Fsp3) is 0.500. The van der Waals surface area contributed by atoms with Crippen molar-refractivity contribution in [2.45, 2.75) is 33.0 Å². The van der Waals surface area contributed by atoms with Gasteiger partial charge in [-0.15, -0.1) is 5.10 Å². The number of para-hydroxylation sites is 1. The van der Waals surface area contributed by atoms with Crippen molar-refractivity contribution in [3.63, 3.8) is 0 Å². The Labute approximate surface area is 141 Å². The highest BCUT2D eigenvalue weighted by atomic mass is 35.5. The number of nitrogens with zero attached hydrogens (tertiary/aromatic N) is 2. The topological polar surface area (TPSA) is 63.2 Å². The summed E-state index contributed by atoms with van der Waals surface area (Å²) in [7, 11) is 0. The zero-order valence-corrected chi connectivity index (χ0v) is 14.3. The van der Waals surface area contributed by atoms with E-state index in [1.165, 1.54) is 0 Å². The number of carbonyl (C=O) groups is 1. The van der Waals surface area contributed by atoms with Crippen molar-refractivity contribution in [3.05, 3.63) is 29.3 Å². The van der Waals surface area contributed by atoms with Crippen LogP contribution < -0.4 is 5.43 Å². The standard InChI is InChI=1S/C16H22ClN3O3/c1-4-22-16(21)15(20-9-11(2)23-12(3)10-20)19-18-14-8-6-5-7-13(14)17/h5-8,11-12,18H,4,9-10H2,1-3H3/b19-15+/t11-,12+. The maximum absolute atomic E-state index is 12.3. The number of hydrazone groups is 1. The lowest BCUT2D eigenvalue weighted by atomic mass is 10.2. The highest BCUT2D eigenvalue weighted by Crippen LogP contribution is 2.20. The van der Waals surface area contributed by atoms with Gasteiger partial charge in [-0.25, -0.2) is 4.79 Å². The number of esters is 1. The van der Waals surface area contributed by atoms with E-state index in [1.807, 2.05) is 30.9 Å². The zero-order chi connectivity index (χ0) is 16.8. The maximum atomic E-state index is 12.3. The second kappa shape index (κ2) is 8.17. The molecule has 2 rings (SSSR count). The Morgan fingerprint density at radius 3 is 2.65 bits per heavy atom. The van der Waals surface area contributed by atoms with E-state index in [0.717, 1.165) is 0 Å². The van der Waals surface area contributed by atoms with E-state index in [-0.39, 0.29) is 18.0 Å². The Kier molecular flexibility index (Phi) is 6.24. The zero-order valence-electron chi connectivity index (χ0n) is 13.6. The summed E-state index contributed by atoms with van der Waals surface area (Å²) in [5.41, 5.74) is 3.48. The molecule has 1 aromatic rings. The molecule has 0 radical (unpaired) electrons. The van der Waals surface area contributed by atoms with Crippen molar-refractivity contribution in [2.75, 3.05) is 25.1 Å². The molecule has 1 fully saturated rings. The van der Waals surface area contributed by atoms with Crippen molar-refractivity contribution in [1.29, 1.82) is 0 Å². The van der Waals surface area contributed by atoms with E-state index < -0.39 is 5.97 Å². The quantitative estimate of drug-likeness (QED) is 0.397. The van der Waals surface area contributed by atoms with Crippen LogP contribution in [0.25, 0.3) is 0 Å². The first-order valence-electron chi connectivity index (χ1n) is 7.67. The maximum Gasteiger partial charge on any atom is 0.375 e. The molecular weight excluding hydrogens is 318 g/mol. The molecule has 0 bridgehead atoms. The second-order valence-corrected chi connectivity index (χ2v) is 5.82. The molecule has 0 aromatic heterocycles. The molecule has 0 aliphatic carbocycles. The number of amidine groups is 1. The molecule has 1 N–H and O–H groups in total. The molecule has 0 saturated carbocycles. The number of ether oxygens (including phenoxy) is 2. The molecule has 2 atom stereocenters. The van der Waals surface area contributed by atoms with Crippen LogP contribution in [0.4, 0.5) is 5.69 Å². The third-order valence-electron chi connectivity index (χ3n) is 3.33. The van der Waals surface area contributed by atoms with Crippen LogP contribution in [0.15, 0.2) is 29.4 Å². The lowest BCUT2D eigenvalue weighted by Crippen LogP contribution is -2.51. The van der Waals surface area contributed by atoms with Crippen LogP contribution in [0, 0.1) is 0 Å². The van der Waals surface area contributed by atoms with E-state index in [9.17, 15) is 4.79 Å². The Hall–Kier alpha value is -1.79. The Bertz CT molecular complexity index is 569. The molecule has 1 heterocycles. The molecule has 1 aliphatic rings. The third kappa shape index (κ3) is 4.84. The van der Waals surface area contributed by atoms with Gasteiger partial charge in [0.05, 0.1) is 29.5 Å². The smallest absolute Gasteiger partial charge is 0.375 e. The van der Waals surface area contributed by atoms with E-state index >= 15 is 0 Å². The molecule has 23 heavy (non-hydrogen) atoms. The highest BCUT2D eigenvalue weighted by molar-refractivity contribution is 6.35. The Balaban J connectivity index is 2.21. The summed E-state index contributed by atoms with van der Waals surface area (Å²) in [6.07, 6.45) is 0.0254. The molecule has 0 amide bonds. The van der Waals surface area contributed by atoms with Crippen LogP contribution in [0.5, 0.6) is 0 Å². The predicted molar refractivity (Wildman–Crippen MR) is 90.7 cm³/mol. The van der Waals surface area contributed by atoms with E-state index in [4.69, 9.17) is 21.1 Å². The van der Waals surface area contributed by atoms with Crippen LogP contribution >= 0.6 is 11.6 Å². The van der Waals surface area contributed by atoms with Gasteiger partial charge in [0.25, 0.3) is 0 Å². The van der Waals surface area contributed by atoms with E-state index in [0.29, 0.717) is 30.4 Å². The predicted octanol–water partition coefficient (Wildman–Crippen LogP) is 2.74. The molecule has 1 aliphatic heterocycles. The second-order valence-electron chi connectivity index (χ2n) is 5.41. The van der Waals surface area contributed by atoms with Gasteiger partial charge in [-0.3, -0.25) is 5.43 Å². The number of carbonyl (C=O) groups excluding carboxylic acids is 1. The van der Waals surface area contributed by atoms with Gasteiger partial charge in [-0.1, -0.05) is 23.7 Å². The molecular formula is C16H22ClN3O3. The number of benzene rings is 1. The van der Waals surface area contributed by atoms with Crippen molar-refractivity contribution in [1.82, 2.24) is 4.90 Å².